The summed E-state index contributed by atoms with van der Waals surface area (Å²) in [5.74, 6) is -0.209. The number of carbonyl (C=O) groups is 2. The molecule has 1 atom stereocenters. The molecule has 4 nitrogen and oxygen atoms in total. The molecule has 0 unspecified atom stereocenters. The van der Waals surface area contributed by atoms with E-state index in [1.807, 2.05) is 48.5 Å². The maximum atomic E-state index is 13.0. The van der Waals surface area contributed by atoms with Crippen molar-refractivity contribution in [2.75, 3.05) is 13.1 Å². The average molecular weight is 323 g/mol. The number of rotatable bonds is 5. The van der Waals surface area contributed by atoms with Crippen LogP contribution in [0.4, 0.5) is 0 Å². The van der Waals surface area contributed by atoms with E-state index in [1.165, 1.54) is 6.42 Å². The second kappa shape index (κ2) is 7.88. The van der Waals surface area contributed by atoms with E-state index in [0.717, 1.165) is 30.8 Å². The molecule has 4 heteroatoms. The number of quaternary nitrogens is 1. The van der Waals surface area contributed by atoms with Crippen LogP contribution in [-0.4, -0.2) is 30.9 Å². The Bertz CT molecular complexity index is 679. The molecule has 1 aliphatic rings. The highest BCUT2D eigenvalue weighted by atomic mass is 16.2. The Morgan fingerprint density at radius 2 is 1.33 bits per heavy atom. The van der Waals surface area contributed by atoms with Crippen molar-refractivity contribution in [2.24, 2.45) is 0 Å². The number of amides is 1. The van der Waals surface area contributed by atoms with Gasteiger partial charge in [-0.3, -0.25) is 14.9 Å². The Morgan fingerprint density at radius 3 is 1.92 bits per heavy atom. The van der Waals surface area contributed by atoms with Gasteiger partial charge in [0.15, 0.2) is 0 Å². The van der Waals surface area contributed by atoms with Gasteiger partial charge in [0.05, 0.1) is 13.1 Å². The number of nitrogens with one attached hydrogen (secondary N) is 2. The number of Topliss-reactive ketones (excluding diaryl/α,β-unsaturated/α-hetero) is 1. The fourth-order valence-electron chi connectivity index (χ4n) is 3.22. The molecule has 0 saturated carbocycles. The molecule has 2 aromatic carbocycles. The van der Waals surface area contributed by atoms with Crippen molar-refractivity contribution in [1.82, 2.24) is 5.32 Å². The fourth-order valence-corrected chi connectivity index (χ4v) is 3.22. The third-order valence-corrected chi connectivity index (χ3v) is 4.54. The average Bonchev–Trinajstić information content (AvgIpc) is 2.67. The Morgan fingerprint density at radius 1 is 0.792 bits per heavy atom. The highest BCUT2D eigenvalue weighted by Gasteiger charge is 2.33. The summed E-state index contributed by atoms with van der Waals surface area (Å²) in [5.41, 5.74) is 1.23. The van der Waals surface area contributed by atoms with Crippen molar-refractivity contribution in [2.45, 2.75) is 25.4 Å². The van der Waals surface area contributed by atoms with E-state index < -0.39 is 6.17 Å². The van der Waals surface area contributed by atoms with Gasteiger partial charge in [0.2, 0.25) is 11.9 Å². The summed E-state index contributed by atoms with van der Waals surface area (Å²) >= 11 is 0. The summed E-state index contributed by atoms with van der Waals surface area (Å²) in [6, 6.07) is 18.3. The normalized spacial score (nSPS) is 16.3. The minimum atomic E-state index is -0.527. The molecule has 1 heterocycles. The molecule has 24 heavy (non-hydrogen) atoms. The first-order chi connectivity index (χ1) is 11.8. The van der Waals surface area contributed by atoms with E-state index in [1.54, 1.807) is 12.1 Å². The number of hydrogen-bond donors (Lipinski definition) is 2. The lowest BCUT2D eigenvalue weighted by molar-refractivity contribution is -0.922. The van der Waals surface area contributed by atoms with Crippen molar-refractivity contribution in [3.63, 3.8) is 0 Å². The Kier molecular flexibility index (Phi) is 5.39. The topological polar surface area (TPSA) is 50.6 Å². The first-order valence-corrected chi connectivity index (χ1v) is 8.55. The van der Waals surface area contributed by atoms with Gasteiger partial charge in [-0.15, -0.1) is 0 Å². The number of benzene rings is 2. The molecular weight excluding hydrogens is 300 g/mol. The summed E-state index contributed by atoms with van der Waals surface area (Å²) in [7, 11) is 0. The van der Waals surface area contributed by atoms with Gasteiger partial charge < -0.3 is 4.90 Å². The fraction of sp³-hybridized carbons (Fsp3) is 0.300. The van der Waals surface area contributed by atoms with Gasteiger partial charge in [-0.25, -0.2) is 0 Å². The molecule has 1 saturated heterocycles. The first kappa shape index (κ1) is 16.4. The van der Waals surface area contributed by atoms with Gasteiger partial charge in [-0.2, -0.15) is 0 Å². The molecule has 0 spiro atoms. The zero-order valence-electron chi connectivity index (χ0n) is 13.7. The molecule has 0 aromatic heterocycles. The van der Waals surface area contributed by atoms with Crippen LogP contribution in [0, 0.1) is 0 Å². The smallest absolute Gasteiger partial charge is 0.256 e. The molecule has 3 rings (SSSR count). The predicted molar refractivity (Wildman–Crippen MR) is 93.0 cm³/mol. The minimum absolute atomic E-state index is 0.0169. The van der Waals surface area contributed by atoms with Crippen LogP contribution in [0.5, 0.6) is 0 Å². The van der Waals surface area contributed by atoms with Crippen molar-refractivity contribution < 1.29 is 14.5 Å². The Hall–Kier alpha value is -2.46. The number of carbonyl (C=O) groups excluding carboxylic acids is 2. The molecule has 0 radical (unpaired) electrons. The van der Waals surface area contributed by atoms with Crippen molar-refractivity contribution in [3.8, 4) is 0 Å². The second-order valence-electron chi connectivity index (χ2n) is 6.22. The first-order valence-electron chi connectivity index (χ1n) is 8.55. The van der Waals surface area contributed by atoms with Crippen molar-refractivity contribution in [3.05, 3.63) is 71.8 Å². The molecular formula is C20H23N2O2+. The quantitative estimate of drug-likeness (QED) is 0.823. The van der Waals surface area contributed by atoms with E-state index in [4.69, 9.17) is 0 Å². The number of likely N-dealkylation sites (tertiary alicyclic amines) is 1. The van der Waals surface area contributed by atoms with Crippen LogP contribution in [0.1, 0.15) is 40.0 Å². The summed E-state index contributed by atoms with van der Waals surface area (Å²) in [4.78, 5) is 26.7. The largest absolute Gasteiger partial charge is 0.309 e. The lowest BCUT2D eigenvalue weighted by atomic mass is 10.0. The molecule has 1 amide bonds. The van der Waals surface area contributed by atoms with Gasteiger partial charge in [-0.1, -0.05) is 48.5 Å². The van der Waals surface area contributed by atoms with Crippen LogP contribution in [0.2, 0.25) is 0 Å². The highest BCUT2D eigenvalue weighted by Crippen LogP contribution is 2.05. The highest BCUT2D eigenvalue weighted by molar-refractivity contribution is 6.03. The maximum Gasteiger partial charge on any atom is 0.256 e. The third kappa shape index (κ3) is 3.89. The summed E-state index contributed by atoms with van der Waals surface area (Å²) in [6.07, 6.45) is 2.85. The van der Waals surface area contributed by atoms with E-state index >= 15 is 0 Å². The van der Waals surface area contributed by atoms with Crippen molar-refractivity contribution >= 4 is 11.7 Å². The summed E-state index contributed by atoms with van der Waals surface area (Å²) in [5, 5.41) is 2.98. The SMILES string of the molecule is O=C(N[C@H](C(=O)c1ccccc1)[NH+]1CCCCC1)c1ccccc1. The Balaban J connectivity index is 1.82. The van der Waals surface area contributed by atoms with Gasteiger partial charge in [0.25, 0.3) is 5.91 Å². The van der Waals surface area contributed by atoms with Gasteiger partial charge >= 0.3 is 0 Å². The van der Waals surface area contributed by atoms with Crippen LogP contribution in [-0.2, 0) is 0 Å². The van der Waals surface area contributed by atoms with E-state index in [9.17, 15) is 9.59 Å². The van der Waals surface area contributed by atoms with Gasteiger partial charge in [-0.05, 0) is 31.4 Å². The lowest BCUT2D eigenvalue weighted by Crippen LogP contribution is -3.19. The monoisotopic (exact) mass is 323 g/mol. The molecule has 0 aliphatic carbocycles. The molecule has 124 valence electrons. The lowest BCUT2D eigenvalue weighted by Gasteiger charge is -2.31. The van der Waals surface area contributed by atoms with Crippen LogP contribution in [0.3, 0.4) is 0 Å². The number of piperidine rings is 1. The molecule has 2 N–H and O–H groups in total. The van der Waals surface area contributed by atoms with E-state index in [2.05, 4.69) is 5.32 Å². The van der Waals surface area contributed by atoms with Gasteiger partial charge in [0.1, 0.15) is 0 Å². The van der Waals surface area contributed by atoms with Crippen LogP contribution >= 0.6 is 0 Å². The third-order valence-electron chi connectivity index (χ3n) is 4.54. The number of hydrogen-bond acceptors (Lipinski definition) is 2. The van der Waals surface area contributed by atoms with Crippen LogP contribution in [0.25, 0.3) is 0 Å². The summed E-state index contributed by atoms with van der Waals surface area (Å²) < 4.78 is 0. The Labute approximate surface area is 142 Å². The zero-order chi connectivity index (χ0) is 16.8. The predicted octanol–water partition coefficient (Wildman–Crippen LogP) is 1.69. The minimum Gasteiger partial charge on any atom is -0.309 e. The number of ketones is 1. The van der Waals surface area contributed by atoms with Gasteiger partial charge in [0, 0.05) is 11.1 Å². The second-order valence-corrected chi connectivity index (χ2v) is 6.22. The maximum absolute atomic E-state index is 13.0. The van der Waals surface area contributed by atoms with Crippen LogP contribution < -0.4 is 10.2 Å². The molecule has 1 fully saturated rings. The molecule has 2 aromatic rings. The van der Waals surface area contributed by atoms with E-state index in [0.29, 0.717) is 11.1 Å². The van der Waals surface area contributed by atoms with Crippen molar-refractivity contribution in [1.29, 1.82) is 0 Å². The standard InChI is InChI=1S/C20H22N2O2/c23-18(16-10-4-1-5-11-16)19(22-14-8-3-9-15-22)21-20(24)17-12-6-2-7-13-17/h1-2,4-7,10-13,19H,3,8-9,14-15H2,(H,21,24)/p+1/t19-/m0/s1. The molecule has 0 bridgehead atoms. The van der Waals surface area contributed by atoms with Crippen LogP contribution in [0.15, 0.2) is 60.7 Å². The zero-order valence-corrected chi connectivity index (χ0v) is 13.7. The summed E-state index contributed by atoms with van der Waals surface area (Å²) in [6.45, 7) is 1.83. The molecule has 1 aliphatic heterocycles. The van der Waals surface area contributed by atoms with E-state index in [-0.39, 0.29) is 11.7 Å².